The standard InChI is InChI=1S/C25H26N4O2S/c1-3-4-14-31-23-11-6-5-10-20(23)21-16-22-25(26-12-13-29(22)28-21)32-17-24(30)27-19-9-7-8-18(2)15-19/h5-13,15-16H,3-4,14,17H2,1-2H3,(H,27,30). The van der Waals surface area contributed by atoms with Crippen LogP contribution in [-0.2, 0) is 4.79 Å². The number of carbonyl (C=O) groups excluding carboxylic acids is 1. The number of anilines is 1. The lowest BCUT2D eigenvalue weighted by atomic mass is 10.1. The molecule has 0 saturated carbocycles. The molecule has 2 aromatic carbocycles. The Morgan fingerprint density at radius 3 is 2.88 bits per heavy atom. The number of unbranched alkanes of at least 4 members (excludes halogenated alkanes) is 1. The first-order valence-corrected chi connectivity index (χ1v) is 11.7. The van der Waals surface area contributed by atoms with E-state index in [1.807, 2.05) is 67.7 Å². The van der Waals surface area contributed by atoms with Gasteiger partial charge in [-0.25, -0.2) is 9.50 Å². The Labute approximate surface area is 192 Å². The number of aryl methyl sites for hydroxylation is 1. The van der Waals surface area contributed by atoms with Gasteiger partial charge in [0.15, 0.2) is 0 Å². The maximum absolute atomic E-state index is 12.4. The zero-order chi connectivity index (χ0) is 22.3. The Bertz CT molecular complexity index is 1220. The van der Waals surface area contributed by atoms with Crippen LogP contribution in [0.15, 0.2) is 72.0 Å². The van der Waals surface area contributed by atoms with Crippen LogP contribution in [-0.4, -0.2) is 32.9 Å². The molecule has 2 heterocycles. The molecule has 0 unspecified atom stereocenters. The van der Waals surface area contributed by atoms with Crippen LogP contribution in [0.2, 0.25) is 0 Å². The minimum Gasteiger partial charge on any atom is -0.493 e. The predicted molar refractivity (Wildman–Crippen MR) is 129 cm³/mol. The van der Waals surface area contributed by atoms with Gasteiger partial charge in [0.2, 0.25) is 5.91 Å². The van der Waals surface area contributed by atoms with Gasteiger partial charge in [-0.2, -0.15) is 5.10 Å². The van der Waals surface area contributed by atoms with E-state index in [1.54, 1.807) is 10.7 Å². The molecule has 0 atom stereocenters. The van der Waals surface area contributed by atoms with Gasteiger partial charge in [-0.3, -0.25) is 4.79 Å². The van der Waals surface area contributed by atoms with E-state index < -0.39 is 0 Å². The number of aromatic nitrogens is 3. The van der Waals surface area contributed by atoms with Gasteiger partial charge < -0.3 is 10.1 Å². The highest BCUT2D eigenvalue weighted by Gasteiger charge is 2.14. The molecule has 1 amide bonds. The molecule has 2 aromatic heterocycles. The lowest BCUT2D eigenvalue weighted by molar-refractivity contribution is -0.113. The molecule has 0 aliphatic heterocycles. The highest BCUT2D eigenvalue weighted by Crippen LogP contribution is 2.32. The summed E-state index contributed by atoms with van der Waals surface area (Å²) in [6.07, 6.45) is 5.61. The number of ether oxygens (including phenoxy) is 1. The maximum atomic E-state index is 12.4. The van der Waals surface area contributed by atoms with Crippen molar-refractivity contribution in [2.75, 3.05) is 17.7 Å². The van der Waals surface area contributed by atoms with Crippen molar-refractivity contribution in [3.63, 3.8) is 0 Å². The van der Waals surface area contributed by atoms with Crippen LogP contribution in [0.5, 0.6) is 5.75 Å². The van der Waals surface area contributed by atoms with Gasteiger partial charge in [0.1, 0.15) is 10.8 Å². The third kappa shape index (κ3) is 5.29. The first-order chi connectivity index (χ1) is 15.6. The lowest BCUT2D eigenvalue weighted by Gasteiger charge is -2.09. The van der Waals surface area contributed by atoms with Crippen molar-refractivity contribution in [2.45, 2.75) is 31.7 Å². The molecule has 7 heteroatoms. The molecule has 0 saturated heterocycles. The number of benzene rings is 2. The van der Waals surface area contributed by atoms with Crippen molar-refractivity contribution < 1.29 is 9.53 Å². The second-order valence-electron chi connectivity index (χ2n) is 7.50. The van der Waals surface area contributed by atoms with Gasteiger partial charge >= 0.3 is 0 Å². The largest absolute Gasteiger partial charge is 0.493 e. The van der Waals surface area contributed by atoms with Gasteiger partial charge in [-0.05, 0) is 49.2 Å². The van der Waals surface area contributed by atoms with Crippen LogP contribution in [0.4, 0.5) is 5.69 Å². The molecular formula is C25H26N4O2S. The fraction of sp³-hybridized carbons (Fsp3) is 0.240. The topological polar surface area (TPSA) is 68.5 Å². The number of rotatable bonds is 9. The first kappa shape index (κ1) is 21.9. The molecule has 0 radical (unpaired) electrons. The summed E-state index contributed by atoms with van der Waals surface area (Å²) in [4.78, 5) is 16.9. The molecule has 4 rings (SSSR count). The Kier molecular flexibility index (Phi) is 7.07. The van der Waals surface area contributed by atoms with Crippen LogP contribution in [0, 0.1) is 6.92 Å². The molecule has 0 fully saturated rings. The van der Waals surface area contributed by atoms with Gasteiger partial charge in [0, 0.05) is 23.6 Å². The molecule has 4 aromatic rings. The SMILES string of the molecule is CCCCOc1ccccc1-c1cc2c(SCC(=O)Nc3cccc(C)c3)nccn2n1. The van der Waals surface area contributed by atoms with E-state index in [2.05, 4.69) is 17.2 Å². The number of thioether (sulfide) groups is 1. The molecule has 0 spiro atoms. The van der Waals surface area contributed by atoms with E-state index in [0.717, 1.165) is 51.6 Å². The fourth-order valence-electron chi connectivity index (χ4n) is 3.33. The number of carbonyl (C=O) groups is 1. The Morgan fingerprint density at radius 2 is 2.03 bits per heavy atom. The molecular weight excluding hydrogens is 420 g/mol. The summed E-state index contributed by atoms with van der Waals surface area (Å²) in [6, 6.07) is 17.7. The second-order valence-corrected chi connectivity index (χ2v) is 8.46. The van der Waals surface area contributed by atoms with E-state index in [1.165, 1.54) is 11.8 Å². The highest BCUT2D eigenvalue weighted by molar-refractivity contribution is 8.00. The molecule has 164 valence electrons. The van der Waals surface area contributed by atoms with E-state index in [4.69, 9.17) is 9.84 Å². The average molecular weight is 447 g/mol. The van der Waals surface area contributed by atoms with E-state index in [9.17, 15) is 4.79 Å². The number of nitrogens with zero attached hydrogens (tertiary/aromatic N) is 3. The molecule has 0 aliphatic rings. The number of para-hydroxylation sites is 1. The third-order valence-corrected chi connectivity index (χ3v) is 5.91. The van der Waals surface area contributed by atoms with Crippen molar-refractivity contribution >= 4 is 28.9 Å². The number of amides is 1. The summed E-state index contributed by atoms with van der Waals surface area (Å²) in [5, 5.41) is 8.42. The van der Waals surface area contributed by atoms with Crippen molar-refractivity contribution in [3.8, 4) is 17.0 Å². The van der Waals surface area contributed by atoms with Gasteiger partial charge in [0.05, 0.1) is 23.6 Å². The number of hydrogen-bond acceptors (Lipinski definition) is 5. The normalized spacial score (nSPS) is 10.9. The summed E-state index contributed by atoms with van der Waals surface area (Å²) in [5.74, 6) is 1.01. The van der Waals surface area contributed by atoms with Gasteiger partial charge in [-0.1, -0.05) is 49.4 Å². The molecule has 0 aliphatic carbocycles. The lowest BCUT2D eigenvalue weighted by Crippen LogP contribution is -2.14. The van der Waals surface area contributed by atoms with Crippen LogP contribution < -0.4 is 10.1 Å². The second kappa shape index (κ2) is 10.3. The van der Waals surface area contributed by atoms with Gasteiger partial charge in [-0.15, -0.1) is 0 Å². The Morgan fingerprint density at radius 1 is 1.16 bits per heavy atom. The number of hydrogen-bond donors (Lipinski definition) is 1. The zero-order valence-electron chi connectivity index (χ0n) is 18.2. The number of fused-ring (bicyclic) bond motifs is 1. The quantitative estimate of drug-likeness (QED) is 0.267. The zero-order valence-corrected chi connectivity index (χ0v) is 19.1. The number of nitrogens with one attached hydrogen (secondary N) is 1. The Hall–Kier alpha value is -3.32. The van der Waals surface area contributed by atoms with Gasteiger partial charge in [0.25, 0.3) is 0 Å². The third-order valence-electron chi connectivity index (χ3n) is 4.91. The van der Waals surface area contributed by atoms with E-state index >= 15 is 0 Å². The minimum absolute atomic E-state index is 0.0705. The van der Waals surface area contributed by atoms with Crippen LogP contribution in [0.25, 0.3) is 16.8 Å². The smallest absolute Gasteiger partial charge is 0.234 e. The van der Waals surface area contributed by atoms with E-state index in [-0.39, 0.29) is 11.7 Å². The molecule has 1 N–H and O–H groups in total. The highest BCUT2D eigenvalue weighted by atomic mass is 32.2. The average Bonchev–Trinajstić information content (AvgIpc) is 3.23. The van der Waals surface area contributed by atoms with E-state index in [0.29, 0.717) is 6.61 Å². The monoisotopic (exact) mass is 446 g/mol. The summed E-state index contributed by atoms with van der Waals surface area (Å²) in [7, 11) is 0. The molecule has 32 heavy (non-hydrogen) atoms. The van der Waals surface area contributed by atoms with Crippen molar-refractivity contribution in [3.05, 3.63) is 72.6 Å². The molecule has 0 bridgehead atoms. The minimum atomic E-state index is -0.0705. The summed E-state index contributed by atoms with van der Waals surface area (Å²) >= 11 is 1.40. The molecule has 6 nitrogen and oxygen atoms in total. The van der Waals surface area contributed by atoms with Crippen molar-refractivity contribution in [2.24, 2.45) is 0 Å². The predicted octanol–water partition coefficient (Wildman–Crippen LogP) is 5.61. The van der Waals surface area contributed by atoms with Crippen LogP contribution in [0.3, 0.4) is 0 Å². The summed E-state index contributed by atoms with van der Waals surface area (Å²) < 4.78 is 7.78. The maximum Gasteiger partial charge on any atom is 0.234 e. The summed E-state index contributed by atoms with van der Waals surface area (Å²) in [5.41, 5.74) is 4.52. The first-order valence-electron chi connectivity index (χ1n) is 10.7. The van der Waals surface area contributed by atoms with Crippen molar-refractivity contribution in [1.29, 1.82) is 0 Å². The summed E-state index contributed by atoms with van der Waals surface area (Å²) in [6.45, 7) is 4.82. The fourth-order valence-corrected chi connectivity index (χ4v) is 4.10. The van der Waals surface area contributed by atoms with Crippen LogP contribution in [0.1, 0.15) is 25.3 Å². The van der Waals surface area contributed by atoms with Crippen molar-refractivity contribution in [1.82, 2.24) is 14.6 Å². The Balaban J connectivity index is 1.51. The van der Waals surface area contributed by atoms with Crippen LogP contribution >= 0.6 is 11.8 Å².